The third-order valence-corrected chi connectivity index (χ3v) is 4.26. The SMILES string of the molecule is CC[C@H](C)[C@H](NC(=O)CCn1c(=O)[nH]c(=O)c2ccccc21)C(=O)O. The van der Waals surface area contributed by atoms with E-state index in [2.05, 4.69) is 10.3 Å². The minimum Gasteiger partial charge on any atom is -0.480 e. The first-order valence-corrected chi connectivity index (χ1v) is 8.09. The highest BCUT2D eigenvalue weighted by atomic mass is 16.4. The van der Waals surface area contributed by atoms with E-state index in [0.717, 1.165) is 0 Å². The van der Waals surface area contributed by atoms with E-state index in [1.165, 1.54) is 4.57 Å². The molecule has 0 saturated heterocycles. The summed E-state index contributed by atoms with van der Waals surface area (Å²) in [6, 6.07) is 5.63. The molecule has 0 fully saturated rings. The summed E-state index contributed by atoms with van der Waals surface area (Å²) in [7, 11) is 0. The summed E-state index contributed by atoms with van der Waals surface area (Å²) in [5.74, 6) is -1.76. The highest BCUT2D eigenvalue weighted by Crippen LogP contribution is 2.09. The highest BCUT2D eigenvalue weighted by molar-refractivity contribution is 5.84. The van der Waals surface area contributed by atoms with Crippen LogP contribution in [0.2, 0.25) is 0 Å². The van der Waals surface area contributed by atoms with Crippen LogP contribution in [-0.2, 0) is 16.1 Å². The van der Waals surface area contributed by atoms with Crippen LogP contribution in [0.15, 0.2) is 33.9 Å². The van der Waals surface area contributed by atoms with E-state index in [1.54, 1.807) is 31.2 Å². The number of nitrogens with zero attached hydrogens (tertiary/aromatic N) is 1. The minimum atomic E-state index is -1.09. The van der Waals surface area contributed by atoms with Gasteiger partial charge in [-0.3, -0.25) is 19.1 Å². The number of hydrogen-bond donors (Lipinski definition) is 3. The number of H-pyrrole nitrogens is 1. The summed E-state index contributed by atoms with van der Waals surface area (Å²) in [6.45, 7) is 3.63. The number of hydrogen-bond acceptors (Lipinski definition) is 4. The highest BCUT2D eigenvalue weighted by Gasteiger charge is 2.25. The van der Waals surface area contributed by atoms with Crippen molar-refractivity contribution in [2.24, 2.45) is 5.92 Å². The van der Waals surface area contributed by atoms with Crippen LogP contribution in [0.5, 0.6) is 0 Å². The molecule has 0 aliphatic rings. The molecule has 2 aromatic rings. The second-order valence-corrected chi connectivity index (χ2v) is 5.95. The van der Waals surface area contributed by atoms with Crippen LogP contribution in [0.25, 0.3) is 10.9 Å². The van der Waals surface area contributed by atoms with Crippen molar-refractivity contribution in [2.75, 3.05) is 0 Å². The maximum Gasteiger partial charge on any atom is 0.328 e. The summed E-state index contributed by atoms with van der Waals surface area (Å²) >= 11 is 0. The average Bonchev–Trinajstić information content (AvgIpc) is 2.58. The Balaban J connectivity index is 2.18. The van der Waals surface area contributed by atoms with Crippen molar-refractivity contribution in [3.05, 3.63) is 45.1 Å². The summed E-state index contributed by atoms with van der Waals surface area (Å²) in [4.78, 5) is 49.4. The molecule has 1 aromatic heterocycles. The number of benzene rings is 1. The normalized spacial score (nSPS) is 13.4. The van der Waals surface area contributed by atoms with E-state index in [0.29, 0.717) is 17.3 Å². The second-order valence-electron chi connectivity index (χ2n) is 5.95. The molecule has 8 heteroatoms. The fraction of sp³-hybridized carbons (Fsp3) is 0.412. The maximum absolute atomic E-state index is 12.1. The van der Waals surface area contributed by atoms with Crippen molar-refractivity contribution < 1.29 is 14.7 Å². The van der Waals surface area contributed by atoms with Crippen molar-refractivity contribution in [2.45, 2.75) is 39.3 Å². The fourth-order valence-corrected chi connectivity index (χ4v) is 2.61. The van der Waals surface area contributed by atoms with Crippen molar-refractivity contribution in [3.63, 3.8) is 0 Å². The lowest BCUT2D eigenvalue weighted by molar-refractivity contribution is -0.143. The first-order valence-electron chi connectivity index (χ1n) is 8.09. The molecule has 1 heterocycles. The summed E-state index contributed by atoms with van der Waals surface area (Å²) in [6.07, 6.45) is 0.539. The number of fused-ring (bicyclic) bond motifs is 1. The lowest BCUT2D eigenvalue weighted by atomic mass is 9.99. The number of carboxylic acid groups (broad SMARTS) is 1. The molecule has 0 spiro atoms. The lowest BCUT2D eigenvalue weighted by Crippen LogP contribution is -2.45. The number of amides is 1. The van der Waals surface area contributed by atoms with Gasteiger partial charge in [0.25, 0.3) is 5.56 Å². The monoisotopic (exact) mass is 347 g/mol. The first kappa shape index (κ1) is 18.4. The van der Waals surface area contributed by atoms with E-state index in [-0.39, 0.29) is 18.9 Å². The van der Waals surface area contributed by atoms with E-state index >= 15 is 0 Å². The number of carbonyl (C=O) groups excluding carboxylic acids is 1. The van der Waals surface area contributed by atoms with Gasteiger partial charge in [-0.25, -0.2) is 9.59 Å². The zero-order valence-corrected chi connectivity index (χ0v) is 14.1. The van der Waals surface area contributed by atoms with Gasteiger partial charge in [0.1, 0.15) is 6.04 Å². The Hall–Kier alpha value is -2.90. The van der Waals surface area contributed by atoms with Gasteiger partial charge in [-0.1, -0.05) is 32.4 Å². The number of aromatic amines is 1. The van der Waals surface area contributed by atoms with E-state index in [4.69, 9.17) is 0 Å². The van der Waals surface area contributed by atoms with Gasteiger partial charge < -0.3 is 10.4 Å². The maximum atomic E-state index is 12.1. The first-order chi connectivity index (χ1) is 11.8. The number of carboxylic acids is 1. The number of rotatable bonds is 7. The Morgan fingerprint density at radius 1 is 1.28 bits per heavy atom. The molecule has 134 valence electrons. The van der Waals surface area contributed by atoms with E-state index in [1.807, 2.05) is 6.92 Å². The zero-order valence-electron chi connectivity index (χ0n) is 14.1. The fourth-order valence-electron chi connectivity index (χ4n) is 2.61. The van der Waals surface area contributed by atoms with Gasteiger partial charge in [0.05, 0.1) is 10.9 Å². The number of para-hydroxylation sites is 1. The summed E-state index contributed by atoms with van der Waals surface area (Å²) in [5.41, 5.74) is -0.655. The molecule has 1 aromatic carbocycles. The van der Waals surface area contributed by atoms with Crippen molar-refractivity contribution in [1.82, 2.24) is 14.9 Å². The molecule has 25 heavy (non-hydrogen) atoms. The van der Waals surface area contributed by atoms with Crippen LogP contribution in [0, 0.1) is 5.92 Å². The molecule has 0 bridgehead atoms. The summed E-state index contributed by atoms with van der Waals surface area (Å²) < 4.78 is 1.30. The van der Waals surface area contributed by atoms with Gasteiger partial charge in [-0.2, -0.15) is 0 Å². The molecular formula is C17H21N3O5. The third kappa shape index (κ3) is 4.14. The van der Waals surface area contributed by atoms with Crippen LogP contribution < -0.4 is 16.6 Å². The standard InChI is InChI=1S/C17H21N3O5/c1-3-10(2)14(16(23)24)18-13(21)8-9-20-12-7-5-4-6-11(12)15(22)19-17(20)25/h4-7,10,14H,3,8-9H2,1-2H3,(H,18,21)(H,23,24)(H,19,22,25)/t10-,14-/m0/s1. The van der Waals surface area contributed by atoms with Crippen molar-refractivity contribution >= 4 is 22.8 Å². The number of carbonyl (C=O) groups is 2. The Kier molecular flexibility index (Phi) is 5.74. The number of nitrogens with one attached hydrogen (secondary N) is 2. The molecule has 0 saturated carbocycles. The molecule has 0 unspecified atom stereocenters. The van der Waals surface area contributed by atoms with Crippen LogP contribution in [0.4, 0.5) is 0 Å². The predicted molar refractivity (Wildman–Crippen MR) is 92.5 cm³/mol. The Bertz CT molecular complexity index is 899. The molecule has 3 N–H and O–H groups in total. The van der Waals surface area contributed by atoms with Gasteiger partial charge in [0.15, 0.2) is 0 Å². The molecule has 1 amide bonds. The molecule has 0 radical (unpaired) electrons. The topological polar surface area (TPSA) is 121 Å². The van der Waals surface area contributed by atoms with E-state index < -0.39 is 29.2 Å². The van der Waals surface area contributed by atoms with Crippen LogP contribution in [0.1, 0.15) is 26.7 Å². The van der Waals surface area contributed by atoms with Gasteiger partial charge in [-0.05, 0) is 18.1 Å². The molecule has 8 nitrogen and oxygen atoms in total. The molecule has 2 atom stereocenters. The lowest BCUT2D eigenvalue weighted by Gasteiger charge is -2.20. The number of aryl methyl sites for hydroxylation is 1. The minimum absolute atomic E-state index is 0.0365. The smallest absolute Gasteiger partial charge is 0.328 e. The van der Waals surface area contributed by atoms with E-state index in [9.17, 15) is 24.3 Å². The van der Waals surface area contributed by atoms with Crippen LogP contribution in [0.3, 0.4) is 0 Å². The quantitative estimate of drug-likeness (QED) is 0.680. The summed E-state index contributed by atoms with van der Waals surface area (Å²) in [5, 5.41) is 12.1. The van der Waals surface area contributed by atoms with Gasteiger partial charge >= 0.3 is 11.7 Å². The number of aromatic nitrogens is 2. The molecule has 2 rings (SSSR count). The third-order valence-electron chi connectivity index (χ3n) is 4.26. The van der Waals surface area contributed by atoms with Gasteiger partial charge in [-0.15, -0.1) is 0 Å². The Morgan fingerprint density at radius 2 is 1.96 bits per heavy atom. The van der Waals surface area contributed by atoms with Gasteiger partial charge in [0, 0.05) is 13.0 Å². The predicted octanol–water partition coefficient (Wildman–Crippen LogP) is 0.695. The van der Waals surface area contributed by atoms with Crippen molar-refractivity contribution in [3.8, 4) is 0 Å². The Morgan fingerprint density at radius 3 is 2.60 bits per heavy atom. The van der Waals surface area contributed by atoms with Crippen molar-refractivity contribution in [1.29, 1.82) is 0 Å². The molecule has 0 aliphatic carbocycles. The largest absolute Gasteiger partial charge is 0.480 e. The zero-order chi connectivity index (χ0) is 18.6. The van der Waals surface area contributed by atoms with Gasteiger partial charge in [0.2, 0.25) is 5.91 Å². The molecular weight excluding hydrogens is 326 g/mol. The average molecular weight is 347 g/mol. The number of aliphatic carboxylic acids is 1. The Labute approximate surface area is 143 Å². The molecule has 0 aliphatic heterocycles. The van der Waals surface area contributed by atoms with Crippen LogP contribution >= 0.6 is 0 Å². The second kappa shape index (κ2) is 7.78. The van der Waals surface area contributed by atoms with Crippen LogP contribution in [-0.4, -0.2) is 32.6 Å².